The second-order valence-corrected chi connectivity index (χ2v) is 6.17. The van der Waals surface area contributed by atoms with Crippen LogP contribution in [0.1, 0.15) is 23.6 Å². The monoisotopic (exact) mass is 336 g/mol. The van der Waals surface area contributed by atoms with Crippen LogP contribution in [0.15, 0.2) is 48.8 Å². The normalized spacial score (nSPS) is 10.7. The van der Waals surface area contributed by atoms with Crippen molar-refractivity contribution >= 4 is 0 Å². The average molecular weight is 336 g/mol. The Balaban J connectivity index is 1.85. The summed E-state index contributed by atoms with van der Waals surface area (Å²) >= 11 is 0. The molecule has 1 aromatic heterocycles. The summed E-state index contributed by atoms with van der Waals surface area (Å²) in [7, 11) is 1.98. The fourth-order valence-corrected chi connectivity index (χ4v) is 2.79. The summed E-state index contributed by atoms with van der Waals surface area (Å²) in [4.78, 5) is 4.40. The molecule has 0 amide bonds. The van der Waals surface area contributed by atoms with E-state index in [1.807, 2.05) is 42.9 Å². The number of hydrogen-bond donors (Lipinski definition) is 0. The smallest absolute Gasteiger partial charge is 0.161 e. The van der Waals surface area contributed by atoms with E-state index < -0.39 is 0 Å². The van der Waals surface area contributed by atoms with Gasteiger partial charge in [0.2, 0.25) is 0 Å². The van der Waals surface area contributed by atoms with Crippen LogP contribution in [-0.2, 0) is 13.7 Å². The molecular weight excluding hydrogens is 312 g/mol. The first-order chi connectivity index (χ1) is 12.1. The van der Waals surface area contributed by atoms with Gasteiger partial charge in [0.15, 0.2) is 11.5 Å². The zero-order valence-electron chi connectivity index (χ0n) is 15.2. The highest BCUT2D eigenvalue weighted by Gasteiger charge is 2.11. The van der Waals surface area contributed by atoms with Crippen LogP contribution in [0.2, 0.25) is 0 Å². The number of rotatable bonds is 6. The number of aromatic nitrogens is 2. The molecule has 3 rings (SSSR count). The lowest BCUT2D eigenvalue weighted by Gasteiger charge is -2.14. The Hall–Kier alpha value is -2.75. The summed E-state index contributed by atoms with van der Waals surface area (Å²) in [5.74, 6) is 2.40. The van der Waals surface area contributed by atoms with Gasteiger partial charge in [0.1, 0.15) is 12.4 Å². The van der Waals surface area contributed by atoms with Gasteiger partial charge >= 0.3 is 0 Å². The quantitative estimate of drug-likeness (QED) is 0.655. The minimum atomic E-state index is 0.523. The molecule has 0 saturated heterocycles. The van der Waals surface area contributed by atoms with Gasteiger partial charge in [-0.1, -0.05) is 23.8 Å². The Morgan fingerprint density at radius 3 is 2.56 bits per heavy atom. The van der Waals surface area contributed by atoms with Crippen LogP contribution in [0.25, 0.3) is 11.4 Å². The van der Waals surface area contributed by atoms with E-state index in [-0.39, 0.29) is 0 Å². The van der Waals surface area contributed by atoms with E-state index in [4.69, 9.17) is 9.47 Å². The van der Waals surface area contributed by atoms with Crippen LogP contribution in [0.4, 0.5) is 0 Å². The Morgan fingerprint density at radius 2 is 1.84 bits per heavy atom. The molecule has 0 saturated carbocycles. The van der Waals surface area contributed by atoms with E-state index in [0.717, 1.165) is 22.9 Å². The number of nitrogens with zero attached hydrogens (tertiary/aromatic N) is 2. The first-order valence-electron chi connectivity index (χ1n) is 8.52. The molecule has 3 aromatic rings. The molecule has 0 bridgehead atoms. The van der Waals surface area contributed by atoms with Crippen molar-refractivity contribution in [2.75, 3.05) is 6.61 Å². The molecule has 4 nitrogen and oxygen atoms in total. The highest BCUT2D eigenvalue weighted by atomic mass is 16.5. The van der Waals surface area contributed by atoms with Gasteiger partial charge in [-0.15, -0.1) is 0 Å². The average Bonchev–Trinajstić information content (AvgIpc) is 3.03. The van der Waals surface area contributed by atoms with E-state index in [9.17, 15) is 0 Å². The second-order valence-electron chi connectivity index (χ2n) is 6.17. The van der Waals surface area contributed by atoms with Crippen molar-refractivity contribution in [1.29, 1.82) is 0 Å². The molecule has 25 heavy (non-hydrogen) atoms. The lowest BCUT2D eigenvalue weighted by Crippen LogP contribution is -2.02. The molecule has 0 radical (unpaired) electrons. The molecule has 1 heterocycles. The summed E-state index contributed by atoms with van der Waals surface area (Å²) in [6.07, 6.45) is 3.72. The van der Waals surface area contributed by atoms with Gasteiger partial charge in [-0.25, -0.2) is 4.98 Å². The maximum absolute atomic E-state index is 6.06. The van der Waals surface area contributed by atoms with Crippen molar-refractivity contribution in [2.45, 2.75) is 27.4 Å². The number of ether oxygens (including phenoxy) is 2. The molecule has 0 atom stereocenters. The topological polar surface area (TPSA) is 36.3 Å². The first kappa shape index (κ1) is 17.1. The van der Waals surface area contributed by atoms with Crippen molar-refractivity contribution in [3.8, 4) is 22.9 Å². The van der Waals surface area contributed by atoms with Gasteiger partial charge in [0.25, 0.3) is 0 Å². The fourth-order valence-electron chi connectivity index (χ4n) is 2.79. The predicted molar refractivity (Wildman–Crippen MR) is 100 cm³/mol. The lowest BCUT2D eigenvalue weighted by atomic mass is 10.1. The number of benzene rings is 2. The highest BCUT2D eigenvalue weighted by Crippen LogP contribution is 2.33. The molecule has 130 valence electrons. The van der Waals surface area contributed by atoms with E-state index in [2.05, 4.69) is 37.0 Å². The molecule has 0 spiro atoms. The Bertz CT molecular complexity index is 868. The molecule has 0 aliphatic heterocycles. The fraction of sp³-hybridized carbons (Fsp3) is 0.286. The molecule has 4 heteroatoms. The lowest BCUT2D eigenvalue weighted by molar-refractivity contribution is 0.269. The molecule has 0 aliphatic rings. The minimum Gasteiger partial charge on any atom is -0.490 e. The van der Waals surface area contributed by atoms with Crippen molar-refractivity contribution < 1.29 is 9.47 Å². The summed E-state index contributed by atoms with van der Waals surface area (Å²) < 4.78 is 13.8. The summed E-state index contributed by atoms with van der Waals surface area (Å²) in [6, 6.07) is 12.4. The van der Waals surface area contributed by atoms with Gasteiger partial charge in [-0.05, 0) is 50.1 Å². The first-order valence-corrected chi connectivity index (χ1v) is 8.52. The Labute approximate surface area is 149 Å². The van der Waals surface area contributed by atoms with Gasteiger partial charge in [0, 0.05) is 25.0 Å². The standard InChI is InChI=1S/C21H24N2O2/c1-5-24-20-13-17(21-22-10-11-23(21)4)8-9-19(20)25-14-18-12-15(2)6-7-16(18)3/h6-13H,5,14H2,1-4H3. The van der Waals surface area contributed by atoms with Crippen LogP contribution in [0.3, 0.4) is 0 Å². The number of imidazole rings is 1. The maximum atomic E-state index is 6.06. The van der Waals surface area contributed by atoms with Gasteiger partial charge in [-0.3, -0.25) is 0 Å². The molecular formula is C21H24N2O2. The summed E-state index contributed by atoms with van der Waals surface area (Å²) in [5.41, 5.74) is 4.67. The predicted octanol–water partition coefficient (Wildman–Crippen LogP) is 4.68. The van der Waals surface area contributed by atoms with Gasteiger partial charge < -0.3 is 14.0 Å². The van der Waals surface area contributed by atoms with Crippen molar-refractivity contribution in [2.24, 2.45) is 7.05 Å². The van der Waals surface area contributed by atoms with Crippen molar-refractivity contribution in [1.82, 2.24) is 9.55 Å². The van der Waals surface area contributed by atoms with Crippen LogP contribution in [0, 0.1) is 13.8 Å². The Morgan fingerprint density at radius 1 is 1.00 bits per heavy atom. The highest BCUT2D eigenvalue weighted by molar-refractivity contribution is 5.61. The maximum Gasteiger partial charge on any atom is 0.161 e. The SMILES string of the molecule is CCOc1cc(-c2nccn2C)ccc1OCc1cc(C)ccc1C. The second kappa shape index (κ2) is 7.43. The summed E-state index contributed by atoms with van der Waals surface area (Å²) in [6.45, 7) is 7.28. The minimum absolute atomic E-state index is 0.523. The molecule has 0 aliphatic carbocycles. The molecule has 0 N–H and O–H groups in total. The third kappa shape index (κ3) is 3.85. The van der Waals surface area contributed by atoms with E-state index in [1.54, 1.807) is 6.20 Å². The van der Waals surface area contributed by atoms with Crippen LogP contribution in [0.5, 0.6) is 11.5 Å². The summed E-state index contributed by atoms with van der Waals surface area (Å²) in [5, 5.41) is 0. The van der Waals surface area contributed by atoms with Crippen LogP contribution < -0.4 is 9.47 Å². The number of hydrogen-bond acceptors (Lipinski definition) is 3. The van der Waals surface area contributed by atoms with Crippen molar-refractivity contribution in [3.63, 3.8) is 0 Å². The molecule has 0 fully saturated rings. The molecule has 0 unspecified atom stereocenters. The third-order valence-electron chi connectivity index (χ3n) is 4.21. The zero-order valence-corrected chi connectivity index (χ0v) is 15.2. The van der Waals surface area contributed by atoms with Gasteiger partial charge in [-0.2, -0.15) is 0 Å². The van der Waals surface area contributed by atoms with E-state index in [0.29, 0.717) is 13.2 Å². The largest absolute Gasteiger partial charge is 0.490 e. The van der Waals surface area contributed by atoms with Crippen LogP contribution in [-0.4, -0.2) is 16.2 Å². The van der Waals surface area contributed by atoms with E-state index >= 15 is 0 Å². The van der Waals surface area contributed by atoms with Crippen molar-refractivity contribution in [3.05, 3.63) is 65.5 Å². The third-order valence-corrected chi connectivity index (χ3v) is 4.21. The Kier molecular flexibility index (Phi) is 5.08. The van der Waals surface area contributed by atoms with Gasteiger partial charge in [0.05, 0.1) is 6.61 Å². The number of aryl methyl sites for hydroxylation is 3. The molecule has 2 aromatic carbocycles. The zero-order chi connectivity index (χ0) is 17.8. The van der Waals surface area contributed by atoms with E-state index in [1.165, 1.54) is 16.7 Å². The van der Waals surface area contributed by atoms with Crippen LogP contribution >= 0.6 is 0 Å².